The van der Waals surface area contributed by atoms with Gasteiger partial charge in [0.1, 0.15) is 17.2 Å². The number of carbonyl (C=O) groups excluding carboxylic acids is 1. The Morgan fingerprint density at radius 2 is 1.89 bits per heavy atom. The summed E-state index contributed by atoms with van der Waals surface area (Å²) in [7, 11) is 0. The lowest BCUT2D eigenvalue weighted by Gasteiger charge is -2.26. The fourth-order valence-electron chi connectivity index (χ4n) is 1.59. The molecule has 0 aliphatic heterocycles. The molecule has 1 rings (SSSR count). The van der Waals surface area contributed by atoms with Gasteiger partial charge < -0.3 is 10.0 Å². The van der Waals surface area contributed by atoms with E-state index in [0.717, 1.165) is 12.1 Å². The standard InChI is InChI=1S/C12H14BrF2NO2/c1-7(2)16(3-4-17)12(18)11-9(14)5-8(13)6-10(11)15/h5-7,17H,3-4H2,1-2H3. The van der Waals surface area contributed by atoms with Crippen molar-refractivity contribution >= 4 is 21.8 Å². The highest BCUT2D eigenvalue weighted by atomic mass is 79.9. The molecular formula is C12H14BrF2NO2. The van der Waals surface area contributed by atoms with Crippen LogP contribution in [0.15, 0.2) is 16.6 Å². The van der Waals surface area contributed by atoms with Gasteiger partial charge in [0.15, 0.2) is 0 Å². The van der Waals surface area contributed by atoms with Gasteiger partial charge in [-0.3, -0.25) is 4.79 Å². The summed E-state index contributed by atoms with van der Waals surface area (Å²) in [6, 6.07) is 1.81. The van der Waals surface area contributed by atoms with Crippen molar-refractivity contribution in [1.82, 2.24) is 4.90 Å². The normalized spacial score (nSPS) is 10.8. The van der Waals surface area contributed by atoms with Crippen LogP contribution in [0.5, 0.6) is 0 Å². The molecule has 1 aromatic carbocycles. The van der Waals surface area contributed by atoms with E-state index < -0.39 is 23.1 Å². The Balaban J connectivity index is 3.16. The number of aliphatic hydroxyl groups is 1. The number of amides is 1. The van der Waals surface area contributed by atoms with Crippen LogP contribution >= 0.6 is 15.9 Å². The largest absolute Gasteiger partial charge is 0.395 e. The molecule has 0 unspecified atom stereocenters. The van der Waals surface area contributed by atoms with E-state index in [4.69, 9.17) is 5.11 Å². The van der Waals surface area contributed by atoms with Crippen LogP contribution in [0.1, 0.15) is 24.2 Å². The van der Waals surface area contributed by atoms with Gasteiger partial charge >= 0.3 is 0 Å². The van der Waals surface area contributed by atoms with Crippen LogP contribution in [-0.2, 0) is 0 Å². The predicted octanol–water partition coefficient (Wildman–Crippen LogP) is 2.57. The number of hydrogen-bond donors (Lipinski definition) is 1. The predicted molar refractivity (Wildman–Crippen MR) is 67.3 cm³/mol. The van der Waals surface area contributed by atoms with Crippen LogP contribution in [0, 0.1) is 11.6 Å². The minimum absolute atomic E-state index is 0.0332. The van der Waals surface area contributed by atoms with E-state index in [-0.39, 0.29) is 23.7 Å². The Morgan fingerprint density at radius 1 is 1.39 bits per heavy atom. The van der Waals surface area contributed by atoms with E-state index in [0.29, 0.717) is 0 Å². The summed E-state index contributed by atoms with van der Waals surface area (Å²) in [5.74, 6) is -2.60. The molecule has 0 spiro atoms. The van der Waals surface area contributed by atoms with Gasteiger partial charge in [-0.05, 0) is 26.0 Å². The van der Waals surface area contributed by atoms with Gasteiger partial charge in [0.25, 0.3) is 5.91 Å². The summed E-state index contributed by atoms with van der Waals surface area (Å²) >= 11 is 2.95. The molecule has 0 aromatic heterocycles. The van der Waals surface area contributed by atoms with Crippen LogP contribution in [0.25, 0.3) is 0 Å². The molecule has 0 aliphatic rings. The first-order valence-electron chi connectivity index (χ1n) is 5.44. The number of nitrogens with zero attached hydrogens (tertiary/aromatic N) is 1. The molecule has 18 heavy (non-hydrogen) atoms. The molecule has 0 bridgehead atoms. The smallest absolute Gasteiger partial charge is 0.260 e. The molecule has 0 atom stereocenters. The van der Waals surface area contributed by atoms with E-state index in [1.807, 2.05) is 0 Å². The summed E-state index contributed by atoms with van der Waals surface area (Å²) in [6.07, 6.45) is 0. The van der Waals surface area contributed by atoms with Gasteiger partial charge in [-0.1, -0.05) is 15.9 Å². The zero-order valence-corrected chi connectivity index (χ0v) is 11.7. The molecule has 3 nitrogen and oxygen atoms in total. The molecule has 0 fully saturated rings. The molecule has 0 heterocycles. The van der Waals surface area contributed by atoms with Gasteiger partial charge in [-0.15, -0.1) is 0 Å². The quantitative estimate of drug-likeness (QED) is 0.926. The number of carbonyl (C=O) groups is 1. The summed E-state index contributed by atoms with van der Waals surface area (Å²) in [5, 5.41) is 8.88. The van der Waals surface area contributed by atoms with E-state index in [1.165, 1.54) is 4.90 Å². The zero-order valence-electron chi connectivity index (χ0n) is 10.1. The molecule has 0 saturated carbocycles. The number of benzene rings is 1. The van der Waals surface area contributed by atoms with Crippen molar-refractivity contribution in [2.45, 2.75) is 19.9 Å². The fourth-order valence-corrected chi connectivity index (χ4v) is 1.99. The second kappa shape index (κ2) is 6.24. The van der Waals surface area contributed by atoms with Gasteiger partial charge in [0.05, 0.1) is 6.61 Å². The molecule has 6 heteroatoms. The fraction of sp³-hybridized carbons (Fsp3) is 0.417. The number of halogens is 3. The minimum atomic E-state index is -0.921. The second-order valence-corrected chi connectivity index (χ2v) is 4.98. The lowest BCUT2D eigenvalue weighted by atomic mass is 10.1. The van der Waals surface area contributed by atoms with Crippen molar-refractivity contribution in [2.24, 2.45) is 0 Å². The molecule has 0 saturated heterocycles. The Hall–Kier alpha value is -1.01. The summed E-state index contributed by atoms with van der Waals surface area (Å²) in [5.41, 5.74) is -0.597. The van der Waals surface area contributed by atoms with E-state index in [2.05, 4.69) is 15.9 Å². The highest BCUT2D eigenvalue weighted by Gasteiger charge is 2.25. The zero-order chi connectivity index (χ0) is 13.9. The summed E-state index contributed by atoms with van der Waals surface area (Å²) < 4.78 is 27.5. The van der Waals surface area contributed by atoms with E-state index >= 15 is 0 Å². The van der Waals surface area contributed by atoms with Crippen LogP contribution in [0.2, 0.25) is 0 Å². The second-order valence-electron chi connectivity index (χ2n) is 4.06. The summed E-state index contributed by atoms with van der Waals surface area (Å²) in [4.78, 5) is 13.3. The number of hydrogen-bond acceptors (Lipinski definition) is 2. The number of rotatable bonds is 4. The maximum atomic E-state index is 13.6. The SMILES string of the molecule is CC(C)N(CCO)C(=O)c1c(F)cc(Br)cc1F. The molecule has 0 radical (unpaired) electrons. The van der Waals surface area contributed by atoms with Crippen molar-refractivity contribution in [3.63, 3.8) is 0 Å². The first-order chi connectivity index (χ1) is 8.38. The van der Waals surface area contributed by atoms with Crippen molar-refractivity contribution < 1.29 is 18.7 Å². The van der Waals surface area contributed by atoms with E-state index in [1.54, 1.807) is 13.8 Å². The van der Waals surface area contributed by atoms with Gasteiger partial charge in [0, 0.05) is 17.1 Å². The number of aliphatic hydroxyl groups excluding tert-OH is 1. The molecule has 0 aliphatic carbocycles. The summed E-state index contributed by atoms with van der Waals surface area (Å²) in [6.45, 7) is 3.19. The van der Waals surface area contributed by atoms with Crippen LogP contribution in [-0.4, -0.2) is 35.1 Å². The van der Waals surface area contributed by atoms with Gasteiger partial charge in [-0.25, -0.2) is 8.78 Å². The molecule has 100 valence electrons. The van der Waals surface area contributed by atoms with Crippen molar-refractivity contribution in [1.29, 1.82) is 0 Å². The monoisotopic (exact) mass is 321 g/mol. The first-order valence-corrected chi connectivity index (χ1v) is 6.24. The Kier molecular flexibility index (Phi) is 5.22. The Labute approximate surface area is 113 Å². The van der Waals surface area contributed by atoms with Gasteiger partial charge in [-0.2, -0.15) is 0 Å². The minimum Gasteiger partial charge on any atom is -0.395 e. The Bertz CT molecular complexity index is 429. The third-order valence-electron chi connectivity index (χ3n) is 2.45. The van der Waals surface area contributed by atoms with Gasteiger partial charge in [0.2, 0.25) is 0 Å². The molecule has 1 aromatic rings. The lowest BCUT2D eigenvalue weighted by Crippen LogP contribution is -2.39. The molecule has 1 amide bonds. The van der Waals surface area contributed by atoms with E-state index in [9.17, 15) is 13.6 Å². The van der Waals surface area contributed by atoms with Crippen molar-refractivity contribution in [3.8, 4) is 0 Å². The maximum Gasteiger partial charge on any atom is 0.260 e. The Morgan fingerprint density at radius 3 is 2.28 bits per heavy atom. The van der Waals surface area contributed by atoms with Crippen molar-refractivity contribution in [3.05, 3.63) is 33.8 Å². The van der Waals surface area contributed by atoms with Crippen LogP contribution in [0.3, 0.4) is 0 Å². The third kappa shape index (κ3) is 3.26. The molecule has 1 N–H and O–H groups in total. The average Bonchev–Trinajstić information content (AvgIpc) is 2.23. The molecular weight excluding hydrogens is 308 g/mol. The highest BCUT2D eigenvalue weighted by Crippen LogP contribution is 2.21. The van der Waals surface area contributed by atoms with Crippen LogP contribution in [0.4, 0.5) is 8.78 Å². The maximum absolute atomic E-state index is 13.6. The third-order valence-corrected chi connectivity index (χ3v) is 2.90. The topological polar surface area (TPSA) is 40.5 Å². The lowest BCUT2D eigenvalue weighted by molar-refractivity contribution is 0.0655. The first kappa shape index (κ1) is 15.0. The average molecular weight is 322 g/mol. The highest BCUT2D eigenvalue weighted by molar-refractivity contribution is 9.10. The van der Waals surface area contributed by atoms with Crippen molar-refractivity contribution in [2.75, 3.05) is 13.2 Å². The van der Waals surface area contributed by atoms with Crippen LogP contribution < -0.4 is 0 Å².